The Morgan fingerprint density at radius 1 is 0.714 bits per heavy atom. The molecule has 0 unspecified atom stereocenters. The van der Waals surface area contributed by atoms with Crippen LogP contribution in [-0.2, 0) is 12.8 Å². The molecule has 2 heteroatoms. The summed E-state index contributed by atoms with van der Waals surface area (Å²) < 4.78 is 0. The number of hydrogen-bond donors (Lipinski definition) is 2. The van der Waals surface area contributed by atoms with Gasteiger partial charge in [-0.1, -0.05) is 190 Å². The first-order valence-corrected chi connectivity index (χ1v) is 19.6. The molecule has 0 bridgehead atoms. The highest BCUT2D eigenvalue weighted by molar-refractivity contribution is 5.98. The van der Waals surface area contributed by atoms with Crippen molar-refractivity contribution >= 4 is 39.9 Å². The van der Waals surface area contributed by atoms with Gasteiger partial charge in [0.15, 0.2) is 0 Å². The number of anilines is 1. The molecule has 0 spiro atoms. The molecule has 0 aromatic heterocycles. The van der Waals surface area contributed by atoms with Crippen molar-refractivity contribution in [2.24, 2.45) is 0 Å². The second-order valence-electron chi connectivity index (χ2n) is 13.5. The number of allylic oxidation sites excluding steroid dienone is 4. The van der Waals surface area contributed by atoms with Crippen LogP contribution in [0.2, 0.25) is 0 Å². The average Bonchev–Trinajstić information content (AvgIpc) is 3.74. The van der Waals surface area contributed by atoms with E-state index in [0.29, 0.717) is 0 Å². The van der Waals surface area contributed by atoms with Gasteiger partial charge in [-0.3, -0.25) is 0 Å². The average molecular weight is 729 g/mol. The van der Waals surface area contributed by atoms with Gasteiger partial charge in [0, 0.05) is 29.6 Å². The third-order valence-electron chi connectivity index (χ3n) is 10.1. The van der Waals surface area contributed by atoms with Gasteiger partial charge in [0.2, 0.25) is 0 Å². The summed E-state index contributed by atoms with van der Waals surface area (Å²) in [5.74, 6) is 0. The summed E-state index contributed by atoms with van der Waals surface area (Å²) in [5, 5.41) is 5.94. The Hall–Kier alpha value is -6.64. The first-order valence-electron chi connectivity index (χ1n) is 19.6. The molecule has 56 heavy (non-hydrogen) atoms. The Morgan fingerprint density at radius 2 is 1.36 bits per heavy atom. The van der Waals surface area contributed by atoms with E-state index >= 15 is 0 Å². The highest BCUT2D eigenvalue weighted by Gasteiger charge is 2.21. The molecule has 1 aliphatic carbocycles. The van der Waals surface area contributed by atoms with Gasteiger partial charge in [0.1, 0.15) is 0 Å². The fourth-order valence-electron chi connectivity index (χ4n) is 7.39. The Labute approximate surface area is 334 Å². The van der Waals surface area contributed by atoms with Crippen molar-refractivity contribution in [2.75, 3.05) is 12.8 Å². The second-order valence-corrected chi connectivity index (χ2v) is 13.5. The number of fused-ring (bicyclic) bond motifs is 2. The van der Waals surface area contributed by atoms with Crippen LogP contribution in [0.25, 0.3) is 56.4 Å². The summed E-state index contributed by atoms with van der Waals surface area (Å²) in [6.45, 7) is 10.3. The van der Waals surface area contributed by atoms with Crippen LogP contribution in [0.1, 0.15) is 52.8 Å². The quantitative estimate of drug-likeness (QED) is 0.115. The fraction of sp³-hybridized carbons (Fsp3) is 0.111. The highest BCUT2D eigenvalue weighted by atomic mass is 14.8. The second kappa shape index (κ2) is 19.1. The lowest BCUT2D eigenvalue weighted by atomic mass is 9.84. The topological polar surface area (TPSA) is 38.0 Å². The Balaban J connectivity index is 0.000000184. The van der Waals surface area contributed by atoms with Crippen LogP contribution in [-0.4, -0.2) is 7.05 Å². The zero-order valence-corrected chi connectivity index (χ0v) is 33.1. The maximum atomic E-state index is 6.33. The SMILES string of the molecule is C=Cc1c2c(cc(-c3ccccc3N)c1-c1ccccc1C)CC=C2.CC.CN/C(=C\C(=C/Cc1ccccc1)c1ccccc1)c1cccc2ccccc12. The summed E-state index contributed by atoms with van der Waals surface area (Å²) in [7, 11) is 1.99. The molecule has 0 saturated heterocycles. The molecule has 0 fully saturated rings. The van der Waals surface area contributed by atoms with Gasteiger partial charge < -0.3 is 11.1 Å². The van der Waals surface area contributed by atoms with Crippen LogP contribution in [0.5, 0.6) is 0 Å². The van der Waals surface area contributed by atoms with E-state index in [1.54, 1.807) is 0 Å². The smallest absolute Gasteiger partial charge is 0.0423 e. The fourth-order valence-corrected chi connectivity index (χ4v) is 7.39. The van der Waals surface area contributed by atoms with Gasteiger partial charge in [-0.2, -0.15) is 0 Å². The normalized spacial score (nSPS) is 11.9. The van der Waals surface area contributed by atoms with E-state index in [0.717, 1.165) is 29.8 Å². The van der Waals surface area contributed by atoms with Gasteiger partial charge in [0.05, 0.1) is 0 Å². The zero-order chi connectivity index (χ0) is 39.3. The maximum Gasteiger partial charge on any atom is 0.0423 e. The lowest BCUT2D eigenvalue weighted by molar-refractivity contribution is 1.13. The largest absolute Gasteiger partial charge is 0.398 e. The van der Waals surface area contributed by atoms with Crippen molar-refractivity contribution in [1.29, 1.82) is 0 Å². The van der Waals surface area contributed by atoms with Crippen LogP contribution in [0.3, 0.4) is 0 Å². The van der Waals surface area contributed by atoms with E-state index in [-0.39, 0.29) is 0 Å². The summed E-state index contributed by atoms with van der Waals surface area (Å²) in [6.07, 6.45) is 12.9. The number of para-hydroxylation sites is 1. The van der Waals surface area contributed by atoms with Crippen molar-refractivity contribution in [3.8, 4) is 22.3 Å². The van der Waals surface area contributed by atoms with E-state index in [1.165, 1.54) is 72.0 Å². The first-order chi connectivity index (χ1) is 27.6. The molecule has 7 aromatic rings. The Bertz CT molecular complexity index is 2500. The third kappa shape index (κ3) is 8.83. The molecular formula is C54H52N2. The van der Waals surface area contributed by atoms with Crippen molar-refractivity contribution in [3.05, 3.63) is 221 Å². The molecule has 278 valence electrons. The van der Waals surface area contributed by atoms with Crippen LogP contribution in [0, 0.1) is 6.92 Å². The number of hydrogen-bond acceptors (Lipinski definition) is 2. The van der Waals surface area contributed by atoms with Crippen molar-refractivity contribution in [1.82, 2.24) is 5.32 Å². The molecule has 8 rings (SSSR count). The zero-order valence-electron chi connectivity index (χ0n) is 33.1. The van der Waals surface area contributed by atoms with Crippen LogP contribution in [0.15, 0.2) is 183 Å². The molecule has 0 aliphatic heterocycles. The van der Waals surface area contributed by atoms with E-state index in [9.17, 15) is 0 Å². The molecule has 3 N–H and O–H groups in total. The van der Waals surface area contributed by atoms with Crippen LogP contribution in [0.4, 0.5) is 5.69 Å². The van der Waals surface area contributed by atoms with Crippen molar-refractivity contribution < 1.29 is 0 Å². The van der Waals surface area contributed by atoms with Gasteiger partial charge in [0.25, 0.3) is 0 Å². The minimum Gasteiger partial charge on any atom is -0.398 e. The summed E-state index contributed by atoms with van der Waals surface area (Å²) in [5.41, 5.74) is 23.0. The lowest BCUT2D eigenvalue weighted by Gasteiger charge is -2.20. The minimum atomic E-state index is 0.804. The van der Waals surface area contributed by atoms with Gasteiger partial charge in [-0.15, -0.1) is 0 Å². The molecule has 0 atom stereocenters. The maximum absolute atomic E-state index is 6.33. The molecule has 0 saturated carbocycles. The summed E-state index contributed by atoms with van der Waals surface area (Å²) in [6, 6.07) is 55.1. The number of aryl methyl sites for hydroxylation is 1. The lowest BCUT2D eigenvalue weighted by Crippen LogP contribution is -2.05. The number of benzene rings is 7. The van der Waals surface area contributed by atoms with E-state index in [1.807, 2.05) is 45.2 Å². The van der Waals surface area contributed by atoms with E-state index < -0.39 is 0 Å². The van der Waals surface area contributed by atoms with E-state index in [4.69, 9.17) is 5.73 Å². The summed E-state index contributed by atoms with van der Waals surface area (Å²) in [4.78, 5) is 0. The predicted molar refractivity (Wildman–Crippen MR) is 246 cm³/mol. The van der Waals surface area contributed by atoms with Gasteiger partial charge >= 0.3 is 0 Å². The molecule has 1 aliphatic rings. The number of rotatable bonds is 9. The van der Waals surface area contributed by atoms with E-state index in [2.05, 4.69) is 183 Å². The van der Waals surface area contributed by atoms with Crippen molar-refractivity contribution in [2.45, 2.75) is 33.6 Å². The molecule has 0 radical (unpaired) electrons. The first kappa shape index (κ1) is 39.1. The monoisotopic (exact) mass is 728 g/mol. The highest BCUT2D eigenvalue weighted by Crippen LogP contribution is 2.43. The van der Waals surface area contributed by atoms with Gasteiger partial charge in [-0.05, 0) is 104 Å². The number of nitrogen functional groups attached to an aromatic ring is 1. The minimum absolute atomic E-state index is 0.804. The predicted octanol–water partition coefficient (Wildman–Crippen LogP) is 13.9. The molecule has 0 heterocycles. The Morgan fingerprint density at radius 3 is 2.07 bits per heavy atom. The van der Waals surface area contributed by atoms with Crippen molar-refractivity contribution in [3.63, 3.8) is 0 Å². The van der Waals surface area contributed by atoms with Crippen LogP contribution < -0.4 is 11.1 Å². The standard InChI is InChI=1S/C28H25N.C24H21N.C2H6/c1-29-28(27-18-10-16-24-15-8-9-17-26(24)27)21-25(23-13-6-3-7-14-23)20-19-22-11-4-2-5-12-22;1-3-18-20-13-8-10-17(20)15-22(21-12-6-7-14-23(21)25)24(18)19-11-5-4-9-16(19)2;1-2/h2-18,20-21,29H,19H2,1H3;3-9,11-15H,1,10,25H2,2H3;1-2H3/b25-20+,28-21-;;. The summed E-state index contributed by atoms with van der Waals surface area (Å²) >= 11 is 0. The third-order valence-corrected chi connectivity index (χ3v) is 10.1. The molecule has 0 amide bonds. The molecule has 2 nitrogen and oxygen atoms in total. The Kier molecular flexibility index (Phi) is 13.3. The number of nitrogens with one attached hydrogen (secondary N) is 1. The van der Waals surface area contributed by atoms with Gasteiger partial charge in [-0.25, -0.2) is 0 Å². The number of nitrogens with two attached hydrogens (primary N) is 1. The van der Waals surface area contributed by atoms with Crippen LogP contribution >= 0.6 is 0 Å². The molecular weight excluding hydrogens is 677 g/mol. The molecule has 7 aromatic carbocycles.